The van der Waals surface area contributed by atoms with E-state index >= 15 is 0 Å². The van der Waals surface area contributed by atoms with Crippen molar-refractivity contribution in [1.29, 1.82) is 0 Å². The lowest BCUT2D eigenvalue weighted by atomic mass is 10.2. The molecule has 0 aromatic carbocycles. The zero-order valence-electron chi connectivity index (χ0n) is 9.59. The summed E-state index contributed by atoms with van der Waals surface area (Å²) in [7, 11) is 0. The van der Waals surface area contributed by atoms with Crippen LogP contribution in [0.15, 0.2) is 0 Å². The molecule has 2 rings (SSSR count). The third-order valence-electron chi connectivity index (χ3n) is 3.06. The number of rotatable bonds is 2. The van der Waals surface area contributed by atoms with Gasteiger partial charge in [0.1, 0.15) is 6.04 Å². The minimum atomic E-state index is -0.376. The van der Waals surface area contributed by atoms with Gasteiger partial charge in [0.25, 0.3) is 0 Å². The van der Waals surface area contributed by atoms with Gasteiger partial charge in [-0.15, -0.1) is 12.6 Å². The van der Waals surface area contributed by atoms with Crippen molar-refractivity contribution in [2.24, 2.45) is 0 Å². The van der Waals surface area contributed by atoms with Crippen LogP contribution >= 0.6 is 12.6 Å². The third-order valence-corrected chi connectivity index (χ3v) is 3.36. The molecular weight excluding hydrogens is 242 g/mol. The van der Waals surface area contributed by atoms with E-state index in [1.807, 2.05) is 5.01 Å². The Labute approximate surface area is 106 Å². The maximum atomic E-state index is 12.0. The second-order valence-corrected chi connectivity index (χ2v) is 4.65. The molecule has 0 aromatic rings. The molecule has 2 aliphatic rings. The fourth-order valence-corrected chi connectivity index (χ4v) is 2.41. The monoisotopic (exact) mass is 259 g/mol. The molecule has 0 radical (unpaired) electrons. The third kappa shape index (κ3) is 3.11. The summed E-state index contributed by atoms with van der Waals surface area (Å²) in [6.07, 6.45) is 1.56. The van der Waals surface area contributed by atoms with Crippen LogP contribution in [0.2, 0.25) is 0 Å². The minimum Gasteiger partial charge on any atom is -0.379 e. The van der Waals surface area contributed by atoms with Crippen LogP contribution in [0.4, 0.5) is 4.79 Å². The van der Waals surface area contributed by atoms with Crippen molar-refractivity contribution in [1.82, 2.24) is 15.3 Å². The molecule has 2 fully saturated rings. The summed E-state index contributed by atoms with van der Waals surface area (Å²) >= 11 is 3.82. The molecule has 0 aliphatic carbocycles. The van der Waals surface area contributed by atoms with Crippen LogP contribution in [0.25, 0.3) is 0 Å². The zero-order chi connectivity index (χ0) is 12.3. The second kappa shape index (κ2) is 5.70. The molecule has 2 aliphatic heterocycles. The fourth-order valence-electron chi connectivity index (χ4n) is 2.14. The molecular formula is C10H17N3O3S. The van der Waals surface area contributed by atoms with E-state index in [0.717, 1.165) is 6.42 Å². The number of carbonyl (C=O) groups excluding carboxylic acids is 2. The first-order valence-electron chi connectivity index (χ1n) is 5.81. The summed E-state index contributed by atoms with van der Waals surface area (Å²) < 4.78 is 5.19. The average Bonchev–Trinajstić information content (AvgIpc) is 2.79. The maximum Gasteiger partial charge on any atom is 0.332 e. The van der Waals surface area contributed by atoms with E-state index in [4.69, 9.17) is 4.74 Å². The van der Waals surface area contributed by atoms with Crippen molar-refractivity contribution >= 4 is 23.8 Å². The number of amides is 2. The smallest absolute Gasteiger partial charge is 0.332 e. The van der Waals surface area contributed by atoms with Crippen LogP contribution in [0.1, 0.15) is 12.8 Å². The number of nitrogens with zero attached hydrogens (tertiary/aromatic N) is 2. The first-order valence-corrected chi connectivity index (χ1v) is 6.26. The molecule has 96 valence electrons. The number of urea groups is 1. The number of hydrogen-bond donors (Lipinski definition) is 2. The highest BCUT2D eigenvalue weighted by Gasteiger charge is 2.33. The van der Waals surface area contributed by atoms with E-state index in [1.54, 1.807) is 4.90 Å². The number of hydrazine groups is 1. The van der Waals surface area contributed by atoms with Crippen LogP contribution in [0.5, 0.6) is 0 Å². The molecule has 17 heavy (non-hydrogen) atoms. The standard InChI is InChI=1S/C10H17N3O3S/c14-9(17)8-2-1-3-13(8)10(15)11-12-4-6-16-7-5-12/h8H,1-7H2,(H,11,15)(H,14,17)/t8-/m0/s1. The Morgan fingerprint density at radius 1 is 1.24 bits per heavy atom. The first kappa shape index (κ1) is 12.7. The van der Waals surface area contributed by atoms with Crippen molar-refractivity contribution in [3.05, 3.63) is 0 Å². The number of carbonyl (C=O) groups is 2. The highest BCUT2D eigenvalue weighted by molar-refractivity contribution is 7.96. The fraction of sp³-hybridized carbons (Fsp3) is 0.800. The highest BCUT2D eigenvalue weighted by Crippen LogP contribution is 2.19. The van der Waals surface area contributed by atoms with Gasteiger partial charge in [0, 0.05) is 19.6 Å². The van der Waals surface area contributed by atoms with Gasteiger partial charge in [0.05, 0.1) is 13.2 Å². The van der Waals surface area contributed by atoms with Crippen LogP contribution in [0.3, 0.4) is 0 Å². The van der Waals surface area contributed by atoms with E-state index in [9.17, 15) is 9.59 Å². The van der Waals surface area contributed by atoms with E-state index in [2.05, 4.69) is 18.1 Å². The van der Waals surface area contributed by atoms with Gasteiger partial charge >= 0.3 is 6.03 Å². The van der Waals surface area contributed by atoms with Crippen molar-refractivity contribution in [2.45, 2.75) is 18.9 Å². The normalized spacial score (nSPS) is 25.9. The summed E-state index contributed by atoms with van der Waals surface area (Å²) in [5.41, 5.74) is 2.80. The van der Waals surface area contributed by atoms with Crippen molar-refractivity contribution in [2.75, 3.05) is 32.8 Å². The number of likely N-dealkylation sites (tertiary alicyclic amines) is 1. The van der Waals surface area contributed by atoms with E-state index in [0.29, 0.717) is 39.3 Å². The first-order chi connectivity index (χ1) is 8.18. The predicted octanol–water partition coefficient (Wildman–Crippen LogP) is -0.136. The molecule has 2 heterocycles. The summed E-state index contributed by atoms with van der Waals surface area (Å²) in [5, 5.41) is 1.59. The Balaban J connectivity index is 1.88. The largest absolute Gasteiger partial charge is 0.379 e. The van der Waals surface area contributed by atoms with Gasteiger partial charge in [0.15, 0.2) is 0 Å². The quantitative estimate of drug-likeness (QED) is 0.678. The Morgan fingerprint density at radius 3 is 2.59 bits per heavy atom. The van der Waals surface area contributed by atoms with Gasteiger partial charge in [-0.05, 0) is 12.8 Å². The molecule has 2 saturated heterocycles. The van der Waals surface area contributed by atoms with Crippen molar-refractivity contribution in [3.8, 4) is 0 Å². The Kier molecular flexibility index (Phi) is 4.25. The molecule has 6 nitrogen and oxygen atoms in total. The molecule has 0 unspecified atom stereocenters. The van der Waals surface area contributed by atoms with Gasteiger partial charge in [-0.3, -0.25) is 10.2 Å². The molecule has 0 saturated carbocycles. The van der Waals surface area contributed by atoms with Gasteiger partial charge in [-0.1, -0.05) is 0 Å². The van der Waals surface area contributed by atoms with Gasteiger partial charge in [0.2, 0.25) is 5.12 Å². The van der Waals surface area contributed by atoms with Gasteiger partial charge in [-0.2, -0.15) is 0 Å². The van der Waals surface area contributed by atoms with E-state index in [-0.39, 0.29) is 17.2 Å². The minimum absolute atomic E-state index is 0.211. The van der Waals surface area contributed by atoms with Crippen molar-refractivity contribution < 1.29 is 14.3 Å². The van der Waals surface area contributed by atoms with Gasteiger partial charge < -0.3 is 9.64 Å². The lowest BCUT2D eigenvalue weighted by Crippen LogP contribution is -2.54. The van der Waals surface area contributed by atoms with Crippen LogP contribution < -0.4 is 5.43 Å². The SMILES string of the molecule is O=C(S)[C@@H]1CCCN1C(=O)NN1CCOCC1. The molecule has 2 amide bonds. The van der Waals surface area contributed by atoms with E-state index < -0.39 is 0 Å². The second-order valence-electron chi connectivity index (χ2n) is 4.21. The molecule has 1 N–H and O–H groups in total. The lowest BCUT2D eigenvalue weighted by molar-refractivity contribution is -0.114. The Hall–Kier alpha value is -0.790. The highest BCUT2D eigenvalue weighted by atomic mass is 32.1. The zero-order valence-corrected chi connectivity index (χ0v) is 10.5. The van der Waals surface area contributed by atoms with E-state index in [1.165, 1.54) is 0 Å². The molecule has 1 atom stereocenters. The number of hydrogen-bond acceptors (Lipinski definition) is 4. The Bertz CT molecular complexity index is 307. The molecule has 0 aromatic heterocycles. The number of thiol groups is 1. The summed E-state index contributed by atoms with van der Waals surface area (Å²) in [5.74, 6) is 0. The molecule has 7 heteroatoms. The van der Waals surface area contributed by atoms with Crippen molar-refractivity contribution in [3.63, 3.8) is 0 Å². The molecule has 0 bridgehead atoms. The summed E-state index contributed by atoms with van der Waals surface area (Å²) in [6, 6.07) is -0.587. The maximum absolute atomic E-state index is 12.0. The number of ether oxygens (including phenoxy) is 1. The van der Waals surface area contributed by atoms with Gasteiger partial charge in [-0.25, -0.2) is 9.80 Å². The molecule has 0 spiro atoms. The van der Waals surface area contributed by atoms with Crippen LogP contribution in [0, 0.1) is 0 Å². The Morgan fingerprint density at radius 2 is 1.94 bits per heavy atom. The van der Waals surface area contributed by atoms with Crippen LogP contribution in [-0.2, 0) is 9.53 Å². The average molecular weight is 259 g/mol. The summed E-state index contributed by atoms with van der Waals surface area (Å²) in [6.45, 7) is 3.22. The van der Waals surface area contributed by atoms with Crippen LogP contribution in [-0.4, -0.2) is 59.9 Å². The number of nitrogens with one attached hydrogen (secondary N) is 1. The number of morpholine rings is 1. The lowest BCUT2D eigenvalue weighted by Gasteiger charge is -2.30. The summed E-state index contributed by atoms with van der Waals surface area (Å²) in [4.78, 5) is 24.8. The predicted molar refractivity (Wildman–Crippen MR) is 64.6 cm³/mol. The topological polar surface area (TPSA) is 61.9 Å².